The van der Waals surface area contributed by atoms with Crippen LogP contribution >= 0.6 is 0 Å². The Morgan fingerprint density at radius 3 is 2.67 bits per heavy atom. The first-order valence-electron chi connectivity index (χ1n) is 11.2. The first kappa shape index (κ1) is 17.9. The van der Waals surface area contributed by atoms with E-state index >= 15 is 0 Å². The molecule has 0 aliphatic heterocycles. The lowest BCUT2D eigenvalue weighted by atomic mass is 9.44. The molecule has 0 aromatic carbocycles. The van der Waals surface area contributed by atoms with Gasteiger partial charge in [-0.2, -0.15) is 0 Å². The lowest BCUT2D eigenvalue weighted by Gasteiger charge is -2.60. The van der Waals surface area contributed by atoms with Crippen LogP contribution in [-0.2, 0) is 9.59 Å². The van der Waals surface area contributed by atoms with Crippen molar-refractivity contribution in [2.24, 2.45) is 39.9 Å². The van der Waals surface area contributed by atoms with Crippen molar-refractivity contribution >= 4 is 11.6 Å². The second kappa shape index (κ2) is 5.67. The average Bonchev–Trinajstić information content (AvgIpc) is 2.92. The van der Waals surface area contributed by atoms with Gasteiger partial charge in [-0.25, -0.2) is 0 Å². The van der Waals surface area contributed by atoms with Crippen molar-refractivity contribution in [3.63, 3.8) is 0 Å². The Hall–Kier alpha value is -1.18. The highest BCUT2D eigenvalue weighted by molar-refractivity contribution is 5.91. The van der Waals surface area contributed by atoms with Gasteiger partial charge in [0.05, 0.1) is 0 Å². The van der Waals surface area contributed by atoms with E-state index in [0.717, 1.165) is 38.0 Å². The maximum absolute atomic E-state index is 13.1. The minimum absolute atomic E-state index is 0.114. The molecule has 0 aromatic rings. The fourth-order valence-electron chi connectivity index (χ4n) is 8.90. The van der Waals surface area contributed by atoms with E-state index in [1.807, 2.05) is 13.0 Å². The van der Waals surface area contributed by atoms with Gasteiger partial charge < -0.3 is 0 Å². The van der Waals surface area contributed by atoms with Crippen LogP contribution in [0.1, 0.15) is 78.6 Å². The zero-order chi connectivity index (χ0) is 19.0. The number of Topliss-reactive ketones (excluding diaryl/α,β-unsaturated/α-hetero) is 1. The van der Waals surface area contributed by atoms with Crippen molar-refractivity contribution in [2.75, 3.05) is 0 Å². The number of carbonyl (C=O) groups excluding carboxylic acids is 2. The number of allylic oxidation sites excluding steroid dienone is 3. The molecule has 3 saturated carbocycles. The second-order valence-corrected chi connectivity index (χ2v) is 10.8. The molecule has 0 N–H and O–H groups in total. The van der Waals surface area contributed by atoms with Gasteiger partial charge in [-0.15, -0.1) is 0 Å². The number of hydrogen-bond acceptors (Lipinski definition) is 2. The molecule has 5 aliphatic carbocycles. The Morgan fingerprint density at radius 2 is 1.89 bits per heavy atom. The Balaban J connectivity index is 1.55. The van der Waals surface area contributed by atoms with Crippen LogP contribution in [0.2, 0.25) is 0 Å². The minimum atomic E-state index is -0.114. The number of carbonyl (C=O) groups is 2. The van der Waals surface area contributed by atoms with Gasteiger partial charge in [0.2, 0.25) is 0 Å². The van der Waals surface area contributed by atoms with E-state index in [2.05, 4.69) is 26.0 Å². The van der Waals surface area contributed by atoms with Gasteiger partial charge in [-0.05, 0) is 98.9 Å². The SMILES string of the molecule is CC(=O)[C@@]12CC=CC[C@@H]1C[C@H]1[C@@H]3CCC4=CC(=O)CC[C@]4(C)[C@H]3CC[C@@]12C. The molecule has 0 saturated heterocycles. The monoisotopic (exact) mass is 366 g/mol. The summed E-state index contributed by atoms with van der Waals surface area (Å²) in [4.78, 5) is 25.1. The molecule has 0 aromatic heterocycles. The Labute approximate surface area is 163 Å². The largest absolute Gasteiger partial charge is 0.299 e. The molecule has 0 amide bonds. The normalized spacial score (nSPS) is 50.9. The molecule has 2 heteroatoms. The third-order valence-electron chi connectivity index (χ3n) is 10.3. The van der Waals surface area contributed by atoms with Gasteiger partial charge >= 0.3 is 0 Å². The Kier molecular flexibility index (Phi) is 3.76. The molecule has 146 valence electrons. The van der Waals surface area contributed by atoms with E-state index < -0.39 is 0 Å². The first-order valence-corrected chi connectivity index (χ1v) is 11.2. The van der Waals surface area contributed by atoms with Crippen molar-refractivity contribution in [1.29, 1.82) is 0 Å². The van der Waals surface area contributed by atoms with Crippen LogP contribution in [0.3, 0.4) is 0 Å². The van der Waals surface area contributed by atoms with Crippen LogP contribution in [0.5, 0.6) is 0 Å². The van der Waals surface area contributed by atoms with Crippen LogP contribution < -0.4 is 0 Å². The van der Waals surface area contributed by atoms with Crippen molar-refractivity contribution in [2.45, 2.75) is 78.6 Å². The maximum atomic E-state index is 13.1. The third kappa shape index (κ3) is 2.08. The lowest BCUT2D eigenvalue weighted by molar-refractivity contribution is -0.144. The van der Waals surface area contributed by atoms with Gasteiger partial charge in [0.1, 0.15) is 5.78 Å². The van der Waals surface area contributed by atoms with Crippen LogP contribution in [0.15, 0.2) is 23.8 Å². The van der Waals surface area contributed by atoms with Gasteiger partial charge in [-0.3, -0.25) is 9.59 Å². The molecule has 0 heterocycles. The van der Waals surface area contributed by atoms with E-state index in [1.54, 1.807) is 0 Å². The van der Waals surface area contributed by atoms with Crippen molar-refractivity contribution < 1.29 is 9.59 Å². The van der Waals surface area contributed by atoms with Gasteiger partial charge in [0.25, 0.3) is 0 Å². The van der Waals surface area contributed by atoms with E-state index in [1.165, 1.54) is 31.3 Å². The molecule has 5 aliphatic rings. The number of rotatable bonds is 1. The van der Waals surface area contributed by atoms with Crippen LogP contribution in [-0.4, -0.2) is 11.6 Å². The third-order valence-corrected chi connectivity index (χ3v) is 10.3. The molecule has 3 fully saturated rings. The molecule has 0 spiro atoms. The van der Waals surface area contributed by atoms with Crippen LogP contribution in [0.4, 0.5) is 0 Å². The summed E-state index contributed by atoms with van der Waals surface area (Å²) in [5, 5.41) is 0. The predicted octanol–water partition coefficient (Wildman–Crippen LogP) is 5.67. The Bertz CT molecular complexity index is 760. The summed E-state index contributed by atoms with van der Waals surface area (Å²) in [5.41, 5.74) is 1.73. The minimum Gasteiger partial charge on any atom is -0.299 e. The molecule has 0 bridgehead atoms. The summed E-state index contributed by atoms with van der Waals surface area (Å²) in [6.45, 7) is 6.81. The number of fused-ring (bicyclic) bond motifs is 7. The molecule has 2 nitrogen and oxygen atoms in total. The maximum Gasteiger partial charge on any atom is 0.155 e. The Morgan fingerprint density at radius 1 is 1.07 bits per heavy atom. The summed E-state index contributed by atoms with van der Waals surface area (Å²) < 4.78 is 0. The van der Waals surface area contributed by atoms with Crippen molar-refractivity contribution in [3.8, 4) is 0 Å². The van der Waals surface area contributed by atoms with Crippen LogP contribution in [0, 0.1) is 39.9 Å². The molecule has 5 rings (SSSR count). The molecule has 7 atom stereocenters. The van der Waals surface area contributed by atoms with Gasteiger partial charge in [0.15, 0.2) is 5.78 Å². The fraction of sp³-hybridized carbons (Fsp3) is 0.760. The lowest BCUT2D eigenvalue weighted by Crippen LogP contribution is -2.55. The summed E-state index contributed by atoms with van der Waals surface area (Å²) in [5.74, 6) is 3.47. The van der Waals surface area contributed by atoms with Crippen LogP contribution in [0.25, 0.3) is 0 Å². The van der Waals surface area contributed by atoms with Gasteiger partial charge in [0, 0.05) is 11.8 Å². The second-order valence-electron chi connectivity index (χ2n) is 10.8. The van der Waals surface area contributed by atoms with E-state index in [0.29, 0.717) is 29.3 Å². The molecule has 0 unspecified atom stereocenters. The summed E-state index contributed by atoms with van der Waals surface area (Å²) in [6, 6.07) is 0. The summed E-state index contributed by atoms with van der Waals surface area (Å²) in [6.07, 6.45) is 16.5. The highest BCUT2D eigenvalue weighted by Crippen LogP contribution is 2.73. The smallest absolute Gasteiger partial charge is 0.155 e. The van der Waals surface area contributed by atoms with E-state index in [4.69, 9.17) is 0 Å². The van der Waals surface area contributed by atoms with Gasteiger partial charge in [-0.1, -0.05) is 31.6 Å². The molecule has 27 heavy (non-hydrogen) atoms. The number of hydrogen-bond donors (Lipinski definition) is 0. The standard InChI is InChI=1S/C25H34O2/c1-16(26)25-11-5-4-6-18(25)15-22-20-8-7-17-14-19(27)9-12-23(17,2)21(20)10-13-24(22,25)3/h4-5,14,18,20-22H,6-13,15H2,1-3H3/t18-,20-,21+,22+,23+,24+,25+/m1/s1. The molecular weight excluding hydrogens is 332 g/mol. The summed E-state index contributed by atoms with van der Waals surface area (Å²) >= 11 is 0. The van der Waals surface area contributed by atoms with Crippen molar-refractivity contribution in [1.82, 2.24) is 0 Å². The highest BCUT2D eigenvalue weighted by atomic mass is 16.1. The van der Waals surface area contributed by atoms with E-state index in [-0.39, 0.29) is 16.2 Å². The highest BCUT2D eigenvalue weighted by Gasteiger charge is 2.68. The zero-order valence-corrected chi connectivity index (χ0v) is 17.2. The topological polar surface area (TPSA) is 34.1 Å². The number of ketones is 2. The average molecular weight is 367 g/mol. The molecular formula is C25H34O2. The summed E-state index contributed by atoms with van der Waals surface area (Å²) in [7, 11) is 0. The van der Waals surface area contributed by atoms with Crippen molar-refractivity contribution in [3.05, 3.63) is 23.8 Å². The fourth-order valence-corrected chi connectivity index (χ4v) is 8.90. The first-order chi connectivity index (χ1) is 12.8. The predicted molar refractivity (Wildman–Crippen MR) is 107 cm³/mol. The quantitative estimate of drug-likeness (QED) is 0.560. The molecule has 0 radical (unpaired) electrons. The zero-order valence-electron chi connectivity index (χ0n) is 17.2. The van der Waals surface area contributed by atoms with E-state index in [9.17, 15) is 9.59 Å².